The van der Waals surface area contributed by atoms with Gasteiger partial charge in [0.25, 0.3) is 0 Å². The SMILES string of the molecule is CC(C)(C)c1ccc(N(c2cccc(Nc3ccccc3)c2)c2ccc(-c3ccccc3)c3ccccc23)c(-c2ccccc2)c1. The lowest BCUT2D eigenvalue weighted by Gasteiger charge is -2.31. The second-order valence-corrected chi connectivity index (χ2v) is 12.8. The molecular weight excluding hydrogens is 556 g/mol. The molecule has 0 heterocycles. The summed E-state index contributed by atoms with van der Waals surface area (Å²) in [6, 6.07) is 60.8. The Bertz CT molecular complexity index is 2090. The fourth-order valence-corrected chi connectivity index (χ4v) is 6.21. The maximum atomic E-state index is 3.62. The second-order valence-electron chi connectivity index (χ2n) is 12.8. The first-order valence-corrected chi connectivity index (χ1v) is 16.0. The Hall–Kier alpha value is -5.60. The molecule has 0 aliphatic heterocycles. The van der Waals surface area contributed by atoms with Crippen molar-refractivity contribution in [2.24, 2.45) is 0 Å². The Balaban J connectivity index is 1.49. The summed E-state index contributed by atoms with van der Waals surface area (Å²) in [4.78, 5) is 2.43. The average Bonchev–Trinajstić information content (AvgIpc) is 3.09. The van der Waals surface area contributed by atoms with Gasteiger partial charge in [0, 0.05) is 28.0 Å². The lowest BCUT2D eigenvalue weighted by atomic mass is 9.84. The van der Waals surface area contributed by atoms with E-state index in [1.165, 1.54) is 38.6 Å². The average molecular weight is 595 g/mol. The van der Waals surface area contributed by atoms with Crippen LogP contribution in [0.1, 0.15) is 26.3 Å². The van der Waals surface area contributed by atoms with Crippen molar-refractivity contribution in [3.05, 3.63) is 175 Å². The molecule has 2 nitrogen and oxygen atoms in total. The van der Waals surface area contributed by atoms with E-state index < -0.39 is 0 Å². The summed E-state index contributed by atoms with van der Waals surface area (Å²) in [6.07, 6.45) is 0. The first-order valence-electron chi connectivity index (χ1n) is 16.0. The molecule has 46 heavy (non-hydrogen) atoms. The van der Waals surface area contributed by atoms with Crippen molar-refractivity contribution < 1.29 is 0 Å². The Morgan fingerprint density at radius 3 is 1.67 bits per heavy atom. The fraction of sp³-hybridized carbons (Fsp3) is 0.0909. The highest BCUT2D eigenvalue weighted by Crippen LogP contribution is 2.46. The van der Waals surface area contributed by atoms with Gasteiger partial charge in [-0.3, -0.25) is 0 Å². The van der Waals surface area contributed by atoms with Gasteiger partial charge in [-0.25, -0.2) is 0 Å². The fourth-order valence-electron chi connectivity index (χ4n) is 6.21. The zero-order valence-corrected chi connectivity index (χ0v) is 26.6. The maximum Gasteiger partial charge on any atom is 0.0540 e. The monoisotopic (exact) mass is 594 g/mol. The van der Waals surface area contributed by atoms with Crippen LogP contribution in [0.15, 0.2) is 170 Å². The van der Waals surface area contributed by atoms with Crippen LogP contribution in [-0.4, -0.2) is 0 Å². The smallest absolute Gasteiger partial charge is 0.0540 e. The molecule has 0 fully saturated rings. The molecule has 0 bridgehead atoms. The molecule has 0 radical (unpaired) electrons. The largest absolute Gasteiger partial charge is 0.355 e. The Kier molecular flexibility index (Phi) is 7.86. The van der Waals surface area contributed by atoms with Gasteiger partial charge in [-0.15, -0.1) is 0 Å². The number of hydrogen-bond donors (Lipinski definition) is 1. The summed E-state index contributed by atoms with van der Waals surface area (Å²) in [6.45, 7) is 6.84. The zero-order chi connectivity index (χ0) is 31.5. The third-order valence-corrected chi connectivity index (χ3v) is 8.58. The molecular formula is C44H38N2. The van der Waals surface area contributed by atoms with E-state index in [0.29, 0.717) is 0 Å². The van der Waals surface area contributed by atoms with Crippen molar-refractivity contribution in [1.29, 1.82) is 0 Å². The van der Waals surface area contributed by atoms with Crippen molar-refractivity contribution in [2.45, 2.75) is 26.2 Å². The number of fused-ring (bicyclic) bond motifs is 1. The van der Waals surface area contributed by atoms with E-state index in [4.69, 9.17) is 0 Å². The molecule has 0 spiro atoms. The summed E-state index contributed by atoms with van der Waals surface area (Å²) in [5, 5.41) is 6.04. The highest BCUT2D eigenvalue weighted by molar-refractivity contribution is 6.07. The van der Waals surface area contributed by atoms with Gasteiger partial charge < -0.3 is 10.2 Å². The van der Waals surface area contributed by atoms with Crippen LogP contribution in [0, 0.1) is 0 Å². The van der Waals surface area contributed by atoms with Crippen LogP contribution in [0.2, 0.25) is 0 Å². The Morgan fingerprint density at radius 2 is 1.00 bits per heavy atom. The standard InChI is InChI=1S/C44H38N2/c1-44(2,3)34-26-28-43(41(30-34)33-18-9-5-10-19-33)46(37-23-15-22-36(31-37)45-35-20-11-6-12-21-35)42-29-27-38(32-16-7-4-8-17-32)39-24-13-14-25-40(39)42/h4-31,45H,1-3H3. The van der Waals surface area contributed by atoms with Crippen molar-refractivity contribution in [3.8, 4) is 22.3 Å². The van der Waals surface area contributed by atoms with Crippen molar-refractivity contribution in [2.75, 3.05) is 10.2 Å². The van der Waals surface area contributed by atoms with E-state index in [2.05, 4.69) is 195 Å². The van der Waals surface area contributed by atoms with Crippen molar-refractivity contribution >= 4 is 39.2 Å². The normalized spacial score (nSPS) is 11.4. The number of para-hydroxylation sites is 1. The predicted molar refractivity (Wildman–Crippen MR) is 198 cm³/mol. The molecule has 0 atom stereocenters. The number of hydrogen-bond acceptors (Lipinski definition) is 2. The predicted octanol–water partition coefficient (Wildman–Crippen LogP) is 12.7. The van der Waals surface area contributed by atoms with Gasteiger partial charge >= 0.3 is 0 Å². The quantitative estimate of drug-likeness (QED) is 0.197. The first kappa shape index (κ1) is 29.1. The molecule has 7 aromatic rings. The van der Waals surface area contributed by atoms with E-state index in [-0.39, 0.29) is 5.41 Å². The van der Waals surface area contributed by atoms with Crippen LogP contribution in [-0.2, 0) is 5.41 Å². The summed E-state index contributed by atoms with van der Waals surface area (Å²) in [5.41, 5.74) is 11.6. The summed E-state index contributed by atoms with van der Waals surface area (Å²) >= 11 is 0. The van der Waals surface area contributed by atoms with Gasteiger partial charge in [0.15, 0.2) is 0 Å². The van der Waals surface area contributed by atoms with E-state index in [0.717, 1.165) is 28.4 Å². The van der Waals surface area contributed by atoms with Crippen molar-refractivity contribution in [1.82, 2.24) is 0 Å². The van der Waals surface area contributed by atoms with Crippen LogP contribution < -0.4 is 10.2 Å². The Labute approximate surface area is 272 Å². The number of rotatable bonds is 7. The third-order valence-electron chi connectivity index (χ3n) is 8.58. The van der Waals surface area contributed by atoms with Crippen LogP contribution in [0.4, 0.5) is 28.4 Å². The van der Waals surface area contributed by atoms with E-state index >= 15 is 0 Å². The zero-order valence-electron chi connectivity index (χ0n) is 26.6. The number of nitrogens with one attached hydrogen (secondary N) is 1. The molecule has 2 heteroatoms. The molecule has 0 aromatic heterocycles. The van der Waals surface area contributed by atoms with Gasteiger partial charge in [-0.2, -0.15) is 0 Å². The van der Waals surface area contributed by atoms with E-state index in [9.17, 15) is 0 Å². The van der Waals surface area contributed by atoms with E-state index in [1.54, 1.807) is 0 Å². The molecule has 0 saturated heterocycles. The molecule has 0 saturated carbocycles. The molecule has 224 valence electrons. The number of nitrogens with zero attached hydrogens (tertiary/aromatic N) is 1. The second kappa shape index (κ2) is 12.4. The number of benzene rings is 7. The molecule has 7 aromatic carbocycles. The van der Waals surface area contributed by atoms with Gasteiger partial charge in [-0.1, -0.05) is 142 Å². The number of anilines is 5. The topological polar surface area (TPSA) is 15.3 Å². The summed E-state index contributed by atoms with van der Waals surface area (Å²) in [5.74, 6) is 0. The van der Waals surface area contributed by atoms with Gasteiger partial charge in [0.05, 0.1) is 11.4 Å². The summed E-state index contributed by atoms with van der Waals surface area (Å²) < 4.78 is 0. The minimum atomic E-state index is 0.0104. The van der Waals surface area contributed by atoms with Crippen LogP contribution in [0.5, 0.6) is 0 Å². The third kappa shape index (κ3) is 5.90. The lowest BCUT2D eigenvalue weighted by Crippen LogP contribution is -2.15. The molecule has 7 rings (SSSR count). The van der Waals surface area contributed by atoms with Crippen molar-refractivity contribution in [3.63, 3.8) is 0 Å². The maximum absolute atomic E-state index is 3.62. The first-order chi connectivity index (χ1) is 22.5. The van der Waals surface area contributed by atoms with E-state index in [1.807, 2.05) is 6.07 Å². The molecule has 0 unspecified atom stereocenters. The molecule has 0 aliphatic rings. The molecule has 1 N–H and O–H groups in total. The minimum absolute atomic E-state index is 0.0104. The van der Waals surface area contributed by atoms with Gasteiger partial charge in [0.1, 0.15) is 0 Å². The van der Waals surface area contributed by atoms with Gasteiger partial charge in [0.2, 0.25) is 0 Å². The molecule has 0 amide bonds. The van der Waals surface area contributed by atoms with Crippen LogP contribution >= 0.6 is 0 Å². The highest BCUT2D eigenvalue weighted by Gasteiger charge is 2.23. The minimum Gasteiger partial charge on any atom is -0.355 e. The van der Waals surface area contributed by atoms with Gasteiger partial charge in [-0.05, 0) is 81.6 Å². The Morgan fingerprint density at radius 1 is 0.435 bits per heavy atom. The lowest BCUT2D eigenvalue weighted by molar-refractivity contribution is 0.590. The highest BCUT2D eigenvalue weighted by atomic mass is 15.1. The summed E-state index contributed by atoms with van der Waals surface area (Å²) in [7, 11) is 0. The van der Waals surface area contributed by atoms with Crippen LogP contribution in [0.3, 0.4) is 0 Å². The molecule has 0 aliphatic carbocycles. The van der Waals surface area contributed by atoms with Crippen LogP contribution in [0.25, 0.3) is 33.0 Å².